The van der Waals surface area contributed by atoms with Gasteiger partial charge in [0.05, 0.1) is 0 Å². The van der Waals surface area contributed by atoms with Gasteiger partial charge in [0.25, 0.3) is 0 Å². The lowest BCUT2D eigenvalue weighted by atomic mass is 9.99. The third-order valence-corrected chi connectivity index (χ3v) is 4.05. The predicted octanol–water partition coefficient (Wildman–Crippen LogP) is 5.72. The Morgan fingerprint density at radius 3 is 2.19 bits per heavy atom. The Morgan fingerprint density at radius 2 is 1.43 bits per heavy atom. The molecule has 0 bridgehead atoms. The molecule has 0 saturated heterocycles. The number of carbonyl (C=O) groups excluding carboxylic acids is 1. The van der Waals surface area contributed by atoms with Gasteiger partial charge in [-0.15, -0.1) is 0 Å². The molecule has 112 valence electrons. The third kappa shape index (κ3) is 6.12. The first kappa shape index (κ1) is 15.8. The van der Waals surface area contributed by atoms with E-state index in [0.717, 1.165) is 24.0 Å². The molecule has 0 aromatic heterocycles. The van der Waals surface area contributed by atoms with E-state index < -0.39 is 0 Å². The number of ketones is 1. The van der Waals surface area contributed by atoms with Gasteiger partial charge in [0.15, 0.2) is 5.78 Å². The molecule has 0 amide bonds. The van der Waals surface area contributed by atoms with Crippen molar-refractivity contribution < 1.29 is 4.79 Å². The van der Waals surface area contributed by atoms with Crippen LogP contribution in [0.5, 0.6) is 0 Å². The van der Waals surface area contributed by atoms with Gasteiger partial charge in [0.1, 0.15) is 0 Å². The summed E-state index contributed by atoms with van der Waals surface area (Å²) in [5, 5.41) is 0. The Bertz CT molecular complexity index is 482. The van der Waals surface area contributed by atoms with Crippen LogP contribution in [0.1, 0.15) is 63.4 Å². The lowest BCUT2D eigenvalue weighted by Crippen LogP contribution is -2.01. The van der Waals surface area contributed by atoms with Crippen molar-refractivity contribution in [2.24, 2.45) is 0 Å². The van der Waals surface area contributed by atoms with Gasteiger partial charge in [-0.25, -0.2) is 0 Å². The minimum atomic E-state index is 0.308. The summed E-state index contributed by atoms with van der Waals surface area (Å²) >= 11 is 0. The highest BCUT2D eigenvalue weighted by Gasteiger charge is 2.07. The lowest BCUT2D eigenvalue weighted by molar-refractivity contribution is -0.115. The molecule has 2 rings (SSSR count). The summed E-state index contributed by atoms with van der Waals surface area (Å²) in [7, 11) is 0. The van der Waals surface area contributed by atoms with Crippen molar-refractivity contribution in [2.75, 3.05) is 0 Å². The molecule has 1 aliphatic rings. The number of carbonyl (C=O) groups is 1. The van der Waals surface area contributed by atoms with E-state index >= 15 is 0 Å². The number of hydrogen-bond donors (Lipinski definition) is 0. The minimum absolute atomic E-state index is 0.308. The largest absolute Gasteiger partial charge is 0.294 e. The van der Waals surface area contributed by atoms with Crippen LogP contribution in [0.25, 0.3) is 6.08 Å². The molecule has 1 heteroatoms. The summed E-state index contributed by atoms with van der Waals surface area (Å²) in [6.07, 6.45) is 16.6. The van der Waals surface area contributed by atoms with Crippen LogP contribution >= 0.6 is 0 Å². The van der Waals surface area contributed by atoms with Gasteiger partial charge in [-0.05, 0) is 24.8 Å². The second-order valence-corrected chi connectivity index (χ2v) is 5.84. The van der Waals surface area contributed by atoms with Gasteiger partial charge in [-0.3, -0.25) is 4.79 Å². The van der Waals surface area contributed by atoms with E-state index in [-0.39, 0.29) is 0 Å². The zero-order valence-electron chi connectivity index (χ0n) is 12.9. The van der Waals surface area contributed by atoms with E-state index in [1.54, 1.807) is 0 Å². The smallest absolute Gasteiger partial charge is 0.162 e. The number of benzene rings is 1. The Balaban J connectivity index is 2.03. The van der Waals surface area contributed by atoms with Gasteiger partial charge < -0.3 is 0 Å². The van der Waals surface area contributed by atoms with Gasteiger partial charge in [-0.2, -0.15) is 0 Å². The molecule has 0 spiro atoms. The fourth-order valence-electron chi connectivity index (χ4n) is 2.74. The molecule has 1 aromatic rings. The maximum absolute atomic E-state index is 12.3. The fourth-order valence-corrected chi connectivity index (χ4v) is 2.74. The number of Topliss-reactive ketones (excluding diaryl/α,β-unsaturated/α-hetero) is 1. The van der Waals surface area contributed by atoms with Crippen molar-refractivity contribution in [3.63, 3.8) is 0 Å². The summed E-state index contributed by atoms with van der Waals surface area (Å²) in [6, 6.07) is 10.2. The summed E-state index contributed by atoms with van der Waals surface area (Å²) in [5.41, 5.74) is 2.05. The Morgan fingerprint density at radius 1 is 0.762 bits per heavy atom. The first-order valence-corrected chi connectivity index (χ1v) is 8.33. The quantitative estimate of drug-likeness (QED) is 0.678. The van der Waals surface area contributed by atoms with Crippen molar-refractivity contribution in [3.8, 4) is 0 Å². The van der Waals surface area contributed by atoms with Crippen molar-refractivity contribution in [3.05, 3.63) is 53.6 Å². The van der Waals surface area contributed by atoms with Crippen molar-refractivity contribution in [1.82, 2.24) is 0 Å². The Kier molecular flexibility index (Phi) is 7.00. The van der Waals surface area contributed by atoms with Crippen molar-refractivity contribution in [2.45, 2.75) is 57.8 Å². The summed E-state index contributed by atoms with van der Waals surface area (Å²) < 4.78 is 0. The van der Waals surface area contributed by atoms with Gasteiger partial charge >= 0.3 is 0 Å². The van der Waals surface area contributed by atoms with E-state index in [9.17, 15) is 4.79 Å². The zero-order chi connectivity index (χ0) is 14.8. The zero-order valence-corrected chi connectivity index (χ0v) is 12.9. The van der Waals surface area contributed by atoms with Crippen LogP contribution < -0.4 is 0 Å². The average molecular weight is 282 g/mol. The highest BCUT2D eigenvalue weighted by atomic mass is 16.1. The number of allylic oxidation sites excluding steroid dienone is 3. The Hall–Kier alpha value is -1.63. The summed E-state index contributed by atoms with van der Waals surface area (Å²) in [6.45, 7) is 0. The fraction of sp³-hybridized carbons (Fsp3) is 0.450. The SMILES string of the molecule is O=C1CCCCCCCCCC=C1/C=C/c1ccccc1. The molecule has 0 heterocycles. The van der Waals surface area contributed by atoms with E-state index in [4.69, 9.17) is 0 Å². The van der Waals surface area contributed by atoms with E-state index in [1.807, 2.05) is 24.3 Å². The molecule has 0 aliphatic heterocycles. The normalized spacial score (nSPS) is 18.9. The molecular weight excluding hydrogens is 256 g/mol. The molecular formula is C20H26O. The molecule has 0 N–H and O–H groups in total. The van der Waals surface area contributed by atoms with E-state index in [2.05, 4.69) is 24.3 Å². The van der Waals surface area contributed by atoms with Crippen LogP contribution in [0.3, 0.4) is 0 Å². The van der Waals surface area contributed by atoms with E-state index in [0.29, 0.717) is 12.2 Å². The van der Waals surface area contributed by atoms with Crippen molar-refractivity contribution >= 4 is 11.9 Å². The second kappa shape index (κ2) is 9.33. The molecule has 1 aliphatic carbocycles. The summed E-state index contributed by atoms with van der Waals surface area (Å²) in [4.78, 5) is 12.3. The lowest BCUT2D eigenvalue weighted by Gasteiger charge is -2.06. The first-order valence-electron chi connectivity index (χ1n) is 8.33. The monoisotopic (exact) mass is 282 g/mol. The van der Waals surface area contributed by atoms with E-state index in [1.165, 1.54) is 38.5 Å². The van der Waals surface area contributed by atoms with Crippen LogP contribution in [0.4, 0.5) is 0 Å². The van der Waals surface area contributed by atoms with Gasteiger partial charge in [-0.1, -0.05) is 80.7 Å². The highest BCUT2D eigenvalue weighted by Crippen LogP contribution is 2.16. The first-order chi connectivity index (χ1) is 10.4. The standard InChI is InChI=1S/C20H26O/c21-20-15-11-6-4-2-1-3-5-10-14-19(20)17-16-18-12-8-7-9-13-18/h7-9,12-14,16-17H,1-6,10-11,15H2/b17-16+,19-14?. The molecule has 0 atom stereocenters. The average Bonchev–Trinajstić information content (AvgIpc) is 2.51. The highest BCUT2D eigenvalue weighted by molar-refractivity contribution is 5.98. The topological polar surface area (TPSA) is 17.1 Å². The maximum atomic E-state index is 12.3. The van der Waals surface area contributed by atoms with Crippen LogP contribution in [0.15, 0.2) is 48.1 Å². The van der Waals surface area contributed by atoms with Gasteiger partial charge in [0.2, 0.25) is 0 Å². The molecule has 0 unspecified atom stereocenters. The molecule has 0 saturated carbocycles. The minimum Gasteiger partial charge on any atom is -0.294 e. The van der Waals surface area contributed by atoms with Crippen LogP contribution in [0, 0.1) is 0 Å². The third-order valence-electron chi connectivity index (χ3n) is 4.05. The van der Waals surface area contributed by atoms with Crippen LogP contribution in [-0.4, -0.2) is 5.78 Å². The molecule has 0 fully saturated rings. The van der Waals surface area contributed by atoms with Crippen LogP contribution in [-0.2, 0) is 4.79 Å². The Labute approximate surface area is 128 Å². The van der Waals surface area contributed by atoms with Crippen molar-refractivity contribution in [1.29, 1.82) is 0 Å². The molecule has 1 nitrogen and oxygen atoms in total. The van der Waals surface area contributed by atoms with Gasteiger partial charge in [0, 0.05) is 12.0 Å². The number of hydrogen-bond acceptors (Lipinski definition) is 1. The predicted molar refractivity (Wildman–Crippen MR) is 90.1 cm³/mol. The summed E-state index contributed by atoms with van der Waals surface area (Å²) in [5.74, 6) is 0.308. The maximum Gasteiger partial charge on any atom is 0.162 e. The second-order valence-electron chi connectivity index (χ2n) is 5.84. The number of rotatable bonds is 2. The van der Waals surface area contributed by atoms with Crippen LogP contribution in [0.2, 0.25) is 0 Å². The molecule has 21 heavy (non-hydrogen) atoms. The molecule has 1 aromatic carbocycles. The molecule has 0 radical (unpaired) electrons.